The molecule has 3 aromatic rings. The molecule has 8 nitrogen and oxygen atoms in total. The minimum absolute atomic E-state index is 0.0117. The predicted molar refractivity (Wildman–Crippen MR) is 77.0 cm³/mol. The molecule has 1 amide bonds. The van der Waals surface area contributed by atoms with Crippen molar-refractivity contribution in [2.24, 2.45) is 7.05 Å². The number of nitrogens with zero attached hydrogens (tertiary/aromatic N) is 4. The molecule has 1 N–H and O–H groups in total. The highest BCUT2D eigenvalue weighted by Crippen LogP contribution is 2.18. The number of amides is 1. The van der Waals surface area contributed by atoms with Crippen LogP contribution in [-0.2, 0) is 11.8 Å². The van der Waals surface area contributed by atoms with Gasteiger partial charge in [0.2, 0.25) is 0 Å². The first-order valence-corrected chi connectivity index (χ1v) is 6.62. The zero-order valence-corrected chi connectivity index (χ0v) is 12.1. The average Bonchev–Trinajstić information content (AvgIpc) is 3.15. The van der Waals surface area contributed by atoms with Crippen LogP contribution in [0, 0.1) is 5.82 Å². The molecule has 0 fully saturated rings. The van der Waals surface area contributed by atoms with Crippen LogP contribution in [0.5, 0.6) is 5.75 Å². The fraction of sp³-hybridized carbons (Fsp3) is 0.143. The van der Waals surface area contributed by atoms with Crippen molar-refractivity contribution in [2.75, 3.05) is 11.9 Å². The quantitative estimate of drug-likeness (QED) is 0.768. The molecule has 2 heterocycles. The lowest BCUT2D eigenvalue weighted by molar-refractivity contribution is -0.118. The van der Waals surface area contributed by atoms with Crippen LogP contribution < -0.4 is 10.1 Å². The third kappa shape index (κ3) is 3.51. The lowest BCUT2D eigenvalue weighted by atomic mass is 10.3. The third-order valence-electron chi connectivity index (χ3n) is 2.80. The number of para-hydroxylation sites is 1. The van der Waals surface area contributed by atoms with Crippen molar-refractivity contribution < 1.29 is 18.3 Å². The Morgan fingerprint density at radius 3 is 2.91 bits per heavy atom. The van der Waals surface area contributed by atoms with E-state index in [1.165, 1.54) is 18.2 Å². The van der Waals surface area contributed by atoms with Gasteiger partial charge in [0.25, 0.3) is 11.8 Å². The Morgan fingerprint density at radius 2 is 2.17 bits per heavy atom. The summed E-state index contributed by atoms with van der Waals surface area (Å²) >= 11 is 0. The van der Waals surface area contributed by atoms with Crippen LogP contribution in [0.2, 0.25) is 0 Å². The molecule has 0 aliphatic carbocycles. The highest BCUT2D eigenvalue weighted by atomic mass is 19.1. The van der Waals surface area contributed by atoms with Crippen LogP contribution in [0.1, 0.15) is 0 Å². The van der Waals surface area contributed by atoms with E-state index in [9.17, 15) is 9.18 Å². The average molecular weight is 317 g/mol. The summed E-state index contributed by atoms with van der Waals surface area (Å²) in [6.45, 7) is -0.387. The second-order valence-corrected chi connectivity index (χ2v) is 4.55. The van der Waals surface area contributed by atoms with Gasteiger partial charge in [0.05, 0.1) is 0 Å². The fourth-order valence-electron chi connectivity index (χ4n) is 1.77. The molecule has 0 aliphatic rings. The van der Waals surface area contributed by atoms with Crippen LogP contribution in [0.25, 0.3) is 11.6 Å². The Labute approximate surface area is 129 Å². The summed E-state index contributed by atoms with van der Waals surface area (Å²) in [5.74, 6) is -0.932. The second kappa shape index (κ2) is 6.26. The summed E-state index contributed by atoms with van der Waals surface area (Å²) in [5.41, 5.74) is 0.489. The van der Waals surface area contributed by atoms with Gasteiger partial charge in [0, 0.05) is 13.2 Å². The lowest BCUT2D eigenvalue weighted by Crippen LogP contribution is -2.20. The summed E-state index contributed by atoms with van der Waals surface area (Å²) < 4.78 is 25.3. The van der Waals surface area contributed by atoms with Crippen molar-refractivity contribution in [3.05, 3.63) is 42.3 Å². The molecule has 0 saturated heterocycles. The SMILES string of the molecule is Cn1ccc(-c2nnc(NC(=O)COc3ccccc3F)o2)n1. The van der Waals surface area contributed by atoms with Crippen molar-refractivity contribution in [1.82, 2.24) is 20.0 Å². The van der Waals surface area contributed by atoms with Gasteiger partial charge in [0.15, 0.2) is 18.2 Å². The monoisotopic (exact) mass is 317 g/mol. The van der Waals surface area contributed by atoms with Crippen molar-refractivity contribution in [1.29, 1.82) is 0 Å². The van der Waals surface area contributed by atoms with E-state index in [1.54, 1.807) is 30.1 Å². The van der Waals surface area contributed by atoms with E-state index in [0.29, 0.717) is 5.69 Å². The maximum Gasteiger partial charge on any atom is 0.322 e. The van der Waals surface area contributed by atoms with Gasteiger partial charge < -0.3 is 9.15 Å². The highest BCUT2D eigenvalue weighted by Gasteiger charge is 2.14. The number of anilines is 1. The molecule has 0 atom stereocenters. The molecular weight excluding hydrogens is 305 g/mol. The molecule has 0 radical (unpaired) electrons. The zero-order valence-electron chi connectivity index (χ0n) is 12.1. The normalized spacial score (nSPS) is 10.5. The number of rotatable bonds is 5. The van der Waals surface area contributed by atoms with Gasteiger partial charge >= 0.3 is 6.01 Å². The molecule has 0 unspecified atom stereocenters. The smallest absolute Gasteiger partial charge is 0.322 e. The summed E-state index contributed by atoms with van der Waals surface area (Å²) in [4.78, 5) is 11.7. The van der Waals surface area contributed by atoms with Gasteiger partial charge in [-0.1, -0.05) is 17.2 Å². The van der Waals surface area contributed by atoms with E-state index in [-0.39, 0.29) is 24.3 Å². The number of ether oxygens (including phenoxy) is 1. The largest absolute Gasteiger partial charge is 0.481 e. The highest BCUT2D eigenvalue weighted by molar-refractivity contribution is 5.89. The number of benzene rings is 1. The van der Waals surface area contributed by atoms with Crippen molar-refractivity contribution in [3.8, 4) is 17.3 Å². The van der Waals surface area contributed by atoms with E-state index in [1.807, 2.05) is 0 Å². The number of carbonyl (C=O) groups excluding carboxylic acids is 1. The van der Waals surface area contributed by atoms with Gasteiger partial charge in [-0.05, 0) is 18.2 Å². The van der Waals surface area contributed by atoms with E-state index in [4.69, 9.17) is 9.15 Å². The molecule has 9 heteroatoms. The number of hydrogen-bond donors (Lipinski definition) is 1. The number of aromatic nitrogens is 4. The third-order valence-corrected chi connectivity index (χ3v) is 2.80. The maximum absolute atomic E-state index is 13.4. The number of halogens is 1. The summed E-state index contributed by atoms with van der Waals surface area (Å²) in [6, 6.07) is 7.40. The van der Waals surface area contributed by atoms with Crippen LogP contribution in [0.4, 0.5) is 10.4 Å². The molecule has 3 rings (SSSR count). The Bertz CT molecular complexity index is 829. The molecule has 0 bridgehead atoms. The molecule has 118 valence electrons. The van der Waals surface area contributed by atoms with E-state index in [0.717, 1.165) is 0 Å². The Kier molecular flexibility index (Phi) is 4.00. The molecule has 0 aliphatic heterocycles. The Hall–Kier alpha value is -3.23. The maximum atomic E-state index is 13.4. The standard InChI is InChI=1S/C14H12FN5O3/c1-20-7-6-10(19-20)13-17-18-14(23-13)16-12(21)8-22-11-5-3-2-4-9(11)15/h2-7H,8H2,1H3,(H,16,18,21). The van der Waals surface area contributed by atoms with Gasteiger partial charge in [-0.2, -0.15) is 5.10 Å². The summed E-state index contributed by atoms with van der Waals surface area (Å²) in [7, 11) is 1.75. The van der Waals surface area contributed by atoms with E-state index in [2.05, 4.69) is 20.6 Å². The van der Waals surface area contributed by atoms with Crippen molar-refractivity contribution in [2.45, 2.75) is 0 Å². The number of carbonyl (C=O) groups is 1. The summed E-state index contributed by atoms with van der Waals surface area (Å²) in [5, 5.41) is 13.9. The molecular formula is C14H12FN5O3. The number of hydrogen-bond acceptors (Lipinski definition) is 6. The second-order valence-electron chi connectivity index (χ2n) is 4.55. The first-order valence-electron chi connectivity index (χ1n) is 6.62. The minimum Gasteiger partial charge on any atom is -0.481 e. The van der Waals surface area contributed by atoms with Crippen LogP contribution >= 0.6 is 0 Å². The van der Waals surface area contributed by atoms with Crippen LogP contribution in [0.15, 0.2) is 40.9 Å². The van der Waals surface area contributed by atoms with Gasteiger partial charge in [-0.25, -0.2) is 4.39 Å². The topological polar surface area (TPSA) is 95.1 Å². The van der Waals surface area contributed by atoms with E-state index >= 15 is 0 Å². The zero-order chi connectivity index (χ0) is 16.2. The first kappa shape index (κ1) is 14.7. The predicted octanol–water partition coefficient (Wildman–Crippen LogP) is 1.63. The van der Waals surface area contributed by atoms with Gasteiger partial charge in [-0.15, -0.1) is 5.10 Å². The molecule has 2 aromatic heterocycles. The van der Waals surface area contributed by atoms with E-state index < -0.39 is 11.7 Å². The molecule has 1 aromatic carbocycles. The van der Waals surface area contributed by atoms with Gasteiger partial charge in [-0.3, -0.25) is 14.8 Å². The Morgan fingerprint density at radius 1 is 1.35 bits per heavy atom. The lowest BCUT2D eigenvalue weighted by Gasteiger charge is -2.05. The number of aryl methyl sites for hydroxylation is 1. The first-order chi connectivity index (χ1) is 11.1. The fourth-order valence-corrected chi connectivity index (χ4v) is 1.77. The van der Waals surface area contributed by atoms with Crippen molar-refractivity contribution in [3.63, 3.8) is 0 Å². The Balaban J connectivity index is 1.58. The molecule has 0 saturated carbocycles. The van der Waals surface area contributed by atoms with Crippen molar-refractivity contribution >= 4 is 11.9 Å². The molecule has 0 spiro atoms. The van der Waals surface area contributed by atoms with Gasteiger partial charge in [0.1, 0.15) is 5.69 Å². The summed E-state index contributed by atoms with van der Waals surface area (Å²) in [6.07, 6.45) is 1.72. The van der Waals surface area contributed by atoms with Crippen LogP contribution in [-0.4, -0.2) is 32.5 Å². The minimum atomic E-state index is -0.551. The molecule has 23 heavy (non-hydrogen) atoms. The van der Waals surface area contributed by atoms with Crippen LogP contribution in [0.3, 0.4) is 0 Å². The number of nitrogens with one attached hydrogen (secondary N) is 1.